The fourth-order valence-electron chi connectivity index (χ4n) is 8.21. The first-order chi connectivity index (χ1) is 24.0. The molecule has 1 heterocycles. The molecule has 1 aliphatic heterocycles. The van der Waals surface area contributed by atoms with Crippen molar-refractivity contribution in [1.82, 2.24) is 0 Å². The van der Waals surface area contributed by atoms with Gasteiger partial charge in [-0.25, -0.2) is 0 Å². The Hall–Kier alpha value is -6.12. The molecule has 0 spiro atoms. The summed E-state index contributed by atoms with van der Waals surface area (Å²) < 4.78 is 6.75. The number of fused-ring (bicyclic) bond motifs is 6. The molecule has 10 rings (SSSR count). The van der Waals surface area contributed by atoms with Gasteiger partial charge in [0.05, 0.1) is 5.69 Å². The van der Waals surface area contributed by atoms with Crippen LogP contribution in [0, 0.1) is 0 Å². The van der Waals surface area contributed by atoms with E-state index in [0.29, 0.717) is 0 Å². The summed E-state index contributed by atoms with van der Waals surface area (Å²) in [6.07, 6.45) is 0. The number of ether oxygens (including phenoxy) is 1. The van der Waals surface area contributed by atoms with Crippen molar-refractivity contribution in [3.8, 4) is 44.9 Å². The van der Waals surface area contributed by atoms with Crippen LogP contribution in [0.5, 0.6) is 11.5 Å². The Morgan fingerprint density at radius 3 is 2.08 bits per heavy atom. The van der Waals surface area contributed by atoms with E-state index in [1.54, 1.807) is 0 Å². The lowest BCUT2D eigenvalue weighted by Crippen LogP contribution is -2.15. The monoisotopic (exact) mass is 627 g/mol. The minimum absolute atomic E-state index is 0.0405. The predicted molar refractivity (Wildman–Crippen MR) is 205 cm³/mol. The van der Waals surface area contributed by atoms with Crippen molar-refractivity contribution in [3.63, 3.8) is 0 Å². The SMILES string of the molecule is CC1(C)c2ccccc2-c2cc(N(c3ccccc3)c3ccc4c5c(cccc35)-c3ccc(-c5ccc6ccccc6c5)cc3O4)ccc21. The van der Waals surface area contributed by atoms with Crippen molar-refractivity contribution in [2.75, 3.05) is 4.90 Å². The number of anilines is 3. The summed E-state index contributed by atoms with van der Waals surface area (Å²) in [5.74, 6) is 1.77. The van der Waals surface area contributed by atoms with E-state index < -0.39 is 0 Å². The molecule has 0 amide bonds. The molecular weight excluding hydrogens is 595 g/mol. The van der Waals surface area contributed by atoms with Gasteiger partial charge in [-0.15, -0.1) is 0 Å². The van der Waals surface area contributed by atoms with E-state index in [0.717, 1.165) is 50.5 Å². The summed E-state index contributed by atoms with van der Waals surface area (Å²) in [6, 6.07) is 59.4. The predicted octanol–water partition coefficient (Wildman–Crippen LogP) is 13.2. The highest BCUT2D eigenvalue weighted by Crippen LogP contribution is 2.53. The van der Waals surface area contributed by atoms with Gasteiger partial charge in [0, 0.05) is 33.1 Å². The Bertz CT molecular complexity index is 2620. The van der Waals surface area contributed by atoms with Crippen LogP contribution < -0.4 is 9.64 Å². The van der Waals surface area contributed by atoms with E-state index in [1.807, 2.05) is 0 Å². The molecule has 2 heteroatoms. The fraction of sp³-hybridized carbons (Fsp3) is 0.0638. The lowest BCUT2D eigenvalue weighted by Gasteiger charge is -2.30. The van der Waals surface area contributed by atoms with Crippen molar-refractivity contribution in [1.29, 1.82) is 0 Å². The van der Waals surface area contributed by atoms with Crippen molar-refractivity contribution in [3.05, 3.63) is 175 Å². The van der Waals surface area contributed by atoms with E-state index in [-0.39, 0.29) is 5.41 Å². The third-order valence-electron chi connectivity index (χ3n) is 10.6. The van der Waals surface area contributed by atoms with E-state index >= 15 is 0 Å². The molecule has 0 N–H and O–H groups in total. The van der Waals surface area contributed by atoms with Crippen LogP contribution in [-0.4, -0.2) is 0 Å². The molecule has 2 aliphatic rings. The van der Waals surface area contributed by atoms with Gasteiger partial charge in [0.2, 0.25) is 0 Å². The summed E-state index contributed by atoms with van der Waals surface area (Å²) >= 11 is 0. The molecule has 232 valence electrons. The molecule has 0 fully saturated rings. The standard InChI is InChI=1S/C47H33NO/c1-47(2)41-18-9-8-15-36(41)40-29-35(22-24-42(40)47)48(34-13-4-3-5-14-34)43-25-26-44-46-38(16-10-17-39(43)46)37-23-21-33(28-45(37)49-44)32-20-19-30-11-6-7-12-31(30)27-32/h3-29H,1-2H3. The lowest BCUT2D eigenvalue weighted by atomic mass is 9.82. The van der Waals surface area contributed by atoms with Crippen LogP contribution in [0.4, 0.5) is 17.1 Å². The third kappa shape index (κ3) is 4.20. The van der Waals surface area contributed by atoms with Crippen LogP contribution in [0.2, 0.25) is 0 Å². The Kier molecular flexibility index (Phi) is 5.95. The summed E-state index contributed by atoms with van der Waals surface area (Å²) in [5.41, 5.74) is 13.4. The fourth-order valence-corrected chi connectivity index (χ4v) is 8.21. The third-order valence-corrected chi connectivity index (χ3v) is 10.6. The zero-order chi connectivity index (χ0) is 32.7. The molecule has 0 saturated carbocycles. The van der Waals surface area contributed by atoms with Gasteiger partial charge in [-0.05, 0) is 104 Å². The molecule has 0 atom stereocenters. The molecule has 49 heavy (non-hydrogen) atoms. The average Bonchev–Trinajstić information content (AvgIpc) is 3.38. The number of nitrogens with zero attached hydrogens (tertiary/aromatic N) is 1. The topological polar surface area (TPSA) is 12.5 Å². The van der Waals surface area contributed by atoms with Crippen LogP contribution >= 0.6 is 0 Å². The summed E-state index contributed by atoms with van der Waals surface area (Å²) in [4.78, 5) is 2.40. The quantitative estimate of drug-likeness (QED) is 0.192. The molecule has 0 bridgehead atoms. The number of hydrogen-bond donors (Lipinski definition) is 0. The first-order valence-corrected chi connectivity index (χ1v) is 17.0. The second kappa shape index (κ2) is 10.4. The van der Waals surface area contributed by atoms with E-state index in [1.165, 1.54) is 44.2 Å². The van der Waals surface area contributed by atoms with Gasteiger partial charge in [-0.2, -0.15) is 0 Å². The first-order valence-electron chi connectivity index (χ1n) is 17.0. The number of para-hydroxylation sites is 1. The molecule has 0 radical (unpaired) electrons. The second-order valence-electron chi connectivity index (χ2n) is 13.8. The maximum atomic E-state index is 6.75. The van der Waals surface area contributed by atoms with Gasteiger partial charge in [0.25, 0.3) is 0 Å². The Labute approximate surface area is 286 Å². The van der Waals surface area contributed by atoms with Gasteiger partial charge in [0.15, 0.2) is 0 Å². The number of benzene rings is 8. The molecule has 0 aromatic heterocycles. The molecule has 8 aromatic rings. The summed E-state index contributed by atoms with van der Waals surface area (Å²) in [5, 5.41) is 4.78. The van der Waals surface area contributed by atoms with E-state index in [9.17, 15) is 0 Å². The molecule has 1 aliphatic carbocycles. The molecular formula is C47H33NO. The minimum atomic E-state index is -0.0405. The smallest absolute Gasteiger partial charge is 0.136 e. The summed E-state index contributed by atoms with van der Waals surface area (Å²) in [6.45, 7) is 4.67. The molecule has 8 aromatic carbocycles. The molecule has 0 unspecified atom stereocenters. The van der Waals surface area contributed by atoms with Crippen LogP contribution in [0.15, 0.2) is 164 Å². The van der Waals surface area contributed by atoms with Gasteiger partial charge in [0.1, 0.15) is 11.5 Å². The normalized spacial score (nSPS) is 13.4. The highest BCUT2D eigenvalue weighted by atomic mass is 16.5. The Balaban J connectivity index is 1.13. The van der Waals surface area contributed by atoms with Crippen LogP contribution in [0.3, 0.4) is 0 Å². The van der Waals surface area contributed by atoms with Crippen molar-refractivity contribution in [2.45, 2.75) is 19.3 Å². The molecule has 0 saturated heterocycles. The van der Waals surface area contributed by atoms with Crippen molar-refractivity contribution < 1.29 is 4.74 Å². The maximum Gasteiger partial charge on any atom is 0.136 e. The largest absolute Gasteiger partial charge is 0.456 e. The number of hydrogen-bond acceptors (Lipinski definition) is 2. The van der Waals surface area contributed by atoms with Crippen molar-refractivity contribution >= 4 is 38.6 Å². The highest BCUT2D eigenvalue weighted by Gasteiger charge is 2.35. The zero-order valence-corrected chi connectivity index (χ0v) is 27.4. The molecule has 2 nitrogen and oxygen atoms in total. The zero-order valence-electron chi connectivity index (χ0n) is 27.4. The maximum absolute atomic E-state index is 6.75. The van der Waals surface area contributed by atoms with Gasteiger partial charge >= 0.3 is 0 Å². The van der Waals surface area contributed by atoms with Crippen LogP contribution in [0.1, 0.15) is 25.0 Å². The van der Waals surface area contributed by atoms with Crippen LogP contribution in [-0.2, 0) is 5.41 Å². The van der Waals surface area contributed by atoms with Gasteiger partial charge in [-0.1, -0.05) is 123 Å². The van der Waals surface area contributed by atoms with E-state index in [2.05, 4.69) is 183 Å². The minimum Gasteiger partial charge on any atom is -0.456 e. The first kappa shape index (κ1) is 27.9. The number of rotatable bonds is 4. The van der Waals surface area contributed by atoms with E-state index in [4.69, 9.17) is 4.74 Å². The Morgan fingerprint density at radius 1 is 0.449 bits per heavy atom. The van der Waals surface area contributed by atoms with Gasteiger partial charge < -0.3 is 9.64 Å². The van der Waals surface area contributed by atoms with Gasteiger partial charge in [-0.3, -0.25) is 0 Å². The Morgan fingerprint density at radius 2 is 1.18 bits per heavy atom. The lowest BCUT2D eigenvalue weighted by molar-refractivity contribution is 0.487. The van der Waals surface area contributed by atoms with Crippen LogP contribution in [0.25, 0.3) is 54.9 Å². The summed E-state index contributed by atoms with van der Waals surface area (Å²) in [7, 11) is 0. The van der Waals surface area contributed by atoms with Crippen molar-refractivity contribution in [2.24, 2.45) is 0 Å². The second-order valence-corrected chi connectivity index (χ2v) is 13.8. The highest BCUT2D eigenvalue weighted by molar-refractivity contribution is 6.11. The average molecular weight is 628 g/mol.